The van der Waals surface area contributed by atoms with Gasteiger partial charge in [0.05, 0.1) is 4.90 Å². The number of hydrogen-bond acceptors (Lipinski definition) is 3. The molecule has 3 aromatic rings. The quantitative estimate of drug-likeness (QED) is 0.785. The molecule has 1 aliphatic heterocycles. The minimum absolute atomic E-state index is 0.353. The van der Waals surface area contributed by atoms with Crippen molar-refractivity contribution in [2.45, 2.75) is 18.2 Å². The Bertz CT molecular complexity index is 1050. The SMILES string of the molecule is Cc1ccc(S(=O)(=O)N2CC=C(c3c[nH]c4ncccc34)CC2)cc1. The van der Waals surface area contributed by atoms with Crippen molar-refractivity contribution >= 4 is 26.6 Å². The molecule has 0 saturated carbocycles. The maximum absolute atomic E-state index is 12.8. The standard InChI is InChI=1S/C19H19N3O2S/c1-14-4-6-16(7-5-14)25(23,24)22-11-8-15(9-12-22)18-13-21-19-17(18)3-2-10-20-19/h2-8,10,13H,9,11-12H2,1H3,(H,20,21). The largest absolute Gasteiger partial charge is 0.346 e. The Hall–Kier alpha value is -2.44. The Morgan fingerprint density at radius 2 is 1.96 bits per heavy atom. The Morgan fingerprint density at radius 3 is 2.68 bits per heavy atom. The van der Waals surface area contributed by atoms with Crippen molar-refractivity contribution in [1.29, 1.82) is 0 Å². The lowest BCUT2D eigenvalue weighted by Gasteiger charge is -2.25. The van der Waals surface area contributed by atoms with E-state index in [2.05, 4.69) is 9.97 Å². The van der Waals surface area contributed by atoms with Crippen LogP contribution in [0.2, 0.25) is 0 Å². The van der Waals surface area contributed by atoms with Crippen LogP contribution in [0.15, 0.2) is 59.8 Å². The van der Waals surface area contributed by atoms with Crippen LogP contribution in [0.1, 0.15) is 17.5 Å². The molecule has 25 heavy (non-hydrogen) atoms. The van der Waals surface area contributed by atoms with E-state index in [1.54, 1.807) is 18.3 Å². The van der Waals surface area contributed by atoms with Gasteiger partial charge >= 0.3 is 0 Å². The summed E-state index contributed by atoms with van der Waals surface area (Å²) in [6, 6.07) is 11.0. The van der Waals surface area contributed by atoms with Crippen molar-refractivity contribution in [3.8, 4) is 0 Å². The van der Waals surface area contributed by atoms with Crippen LogP contribution >= 0.6 is 0 Å². The van der Waals surface area contributed by atoms with E-state index in [1.165, 1.54) is 4.31 Å². The lowest BCUT2D eigenvalue weighted by molar-refractivity contribution is 0.441. The predicted octanol–water partition coefficient (Wildman–Crippen LogP) is 3.35. The monoisotopic (exact) mass is 353 g/mol. The van der Waals surface area contributed by atoms with Gasteiger partial charge in [-0.25, -0.2) is 13.4 Å². The molecule has 3 heterocycles. The zero-order valence-corrected chi connectivity index (χ0v) is 14.8. The van der Waals surface area contributed by atoms with Gasteiger partial charge in [0.25, 0.3) is 0 Å². The number of aryl methyl sites for hydroxylation is 1. The van der Waals surface area contributed by atoms with Gasteiger partial charge in [-0.05, 0) is 43.2 Å². The minimum Gasteiger partial charge on any atom is -0.346 e. The van der Waals surface area contributed by atoms with E-state index >= 15 is 0 Å². The molecule has 2 aromatic heterocycles. The molecule has 5 nitrogen and oxygen atoms in total. The highest BCUT2D eigenvalue weighted by molar-refractivity contribution is 7.89. The smallest absolute Gasteiger partial charge is 0.243 e. The second-order valence-electron chi connectivity index (χ2n) is 6.26. The molecule has 1 N–H and O–H groups in total. The average molecular weight is 353 g/mol. The first-order valence-corrected chi connectivity index (χ1v) is 9.68. The number of hydrogen-bond donors (Lipinski definition) is 1. The third-order valence-electron chi connectivity index (χ3n) is 4.63. The molecule has 1 aromatic carbocycles. The van der Waals surface area contributed by atoms with Crippen molar-refractivity contribution < 1.29 is 8.42 Å². The molecule has 0 unspecified atom stereocenters. The molecule has 0 spiro atoms. The summed E-state index contributed by atoms with van der Waals surface area (Å²) in [5.41, 5.74) is 4.17. The van der Waals surface area contributed by atoms with E-state index in [1.807, 2.05) is 43.5 Å². The van der Waals surface area contributed by atoms with E-state index in [0.29, 0.717) is 24.4 Å². The number of pyridine rings is 1. The van der Waals surface area contributed by atoms with Crippen LogP contribution in [-0.2, 0) is 10.0 Å². The van der Waals surface area contributed by atoms with Gasteiger partial charge < -0.3 is 4.98 Å². The molecule has 0 fully saturated rings. The first-order chi connectivity index (χ1) is 12.1. The summed E-state index contributed by atoms with van der Waals surface area (Å²) in [6.07, 6.45) is 6.40. The molecule has 128 valence electrons. The van der Waals surface area contributed by atoms with Crippen LogP contribution in [0.4, 0.5) is 0 Å². The number of aromatic nitrogens is 2. The van der Waals surface area contributed by atoms with Gasteiger partial charge in [-0.1, -0.05) is 23.8 Å². The van der Waals surface area contributed by atoms with Gasteiger partial charge in [0.2, 0.25) is 10.0 Å². The number of fused-ring (bicyclic) bond motifs is 1. The van der Waals surface area contributed by atoms with E-state index in [9.17, 15) is 8.42 Å². The Labute approximate surface area is 147 Å². The van der Waals surface area contributed by atoms with Crippen molar-refractivity contribution in [2.24, 2.45) is 0 Å². The van der Waals surface area contributed by atoms with Crippen molar-refractivity contribution in [3.63, 3.8) is 0 Å². The fourth-order valence-electron chi connectivity index (χ4n) is 3.19. The molecule has 4 rings (SSSR count). The zero-order chi connectivity index (χ0) is 17.4. The highest BCUT2D eigenvalue weighted by Crippen LogP contribution is 2.30. The van der Waals surface area contributed by atoms with Crippen LogP contribution in [0.5, 0.6) is 0 Å². The summed E-state index contributed by atoms with van der Waals surface area (Å²) in [7, 11) is -3.44. The van der Waals surface area contributed by atoms with Crippen LogP contribution in [0.25, 0.3) is 16.6 Å². The van der Waals surface area contributed by atoms with Crippen molar-refractivity contribution in [2.75, 3.05) is 13.1 Å². The summed E-state index contributed by atoms with van der Waals surface area (Å²) >= 11 is 0. The first kappa shape index (κ1) is 16.1. The van der Waals surface area contributed by atoms with Crippen LogP contribution in [0, 0.1) is 6.92 Å². The van der Waals surface area contributed by atoms with E-state index < -0.39 is 10.0 Å². The number of H-pyrrole nitrogens is 1. The summed E-state index contributed by atoms with van der Waals surface area (Å²) in [4.78, 5) is 7.84. The van der Waals surface area contributed by atoms with Crippen LogP contribution in [0.3, 0.4) is 0 Å². The number of rotatable bonds is 3. The fraction of sp³-hybridized carbons (Fsp3) is 0.211. The summed E-state index contributed by atoms with van der Waals surface area (Å²) in [6.45, 7) is 2.82. The highest BCUT2D eigenvalue weighted by atomic mass is 32.2. The summed E-state index contributed by atoms with van der Waals surface area (Å²) < 4.78 is 27.1. The lowest BCUT2D eigenvalue weighted by atomic mass is 10.0. The number of benzene rings is 1. The van der Waals surface area contributed by atoms with Gasteiger partial charge in [0.1, 0.15) is 5.65 Å². The van der Waals surface area contributed by atoms with Gasteiger partial charge in [0.15, 0.2) is 0 Å². The zero-order valence-electron chi connectivity index (χ0n) is 13.9. The third kappa shape index (κ3) is 2.88. The number of sulfonamides is 1. The van der Waals surface area contributed by atoms with E-state index in [-0.39, 0.29) is 0 Å². The maximum atomic E-state index is 12.8. The number of nitrogens with one attached hydrogen (secondary N) is 1. The Morgan fingerprint density at radius 1 is 1.16 bits per heavy atom. The van der Waals surface area contributed by atoms with Gasteiger partial charge in [-0.2, -0.15) is 4.31 Å². The molecule has 0 atom stereocenters. The Kier molecular flexibility index (Phi) is 3.94. The first-order valence-electron chi connectivity index (χ1n) is 8.24. The normalized spacial score (nSPS) is 16.1. The topological polar surface area (TPSA) is 66.1 Å². The molecule has 1 aliphatic rings. The van der Waals surface area contributed by atoms with Crippen molar-refractivity contribution in [1.82, 2.24) is 14.3 Å². The lowest BCUT2D eigenvalue weighted by Crippen LogP contribution is -2.34. The maximum Gasteiger partial charge on any atom is 0.243 e. The number of nitrogens with zero attached hydrogens (tertiary/aromatic N) is 2. The minimum atomic E-state index is -3.44. The van der Waals surface area contributed by atoms with Crippen molar-refractivity contribution in [3.05, 3.63) is 66.0 Å². The highest BCUT2D eigenvalue weighted by Gasteiger charge is 2.26. The van der Waals surface area contributed by atoms with Crippen LogP contribution < -0.4 is 0 Å². The second kappa shape index (κ2) is 6.13. The van der Waals surface area contributed by atoms with E-state index in [0.717, 1.165) is 27.7 Å². The molecular formula is C19H19N3O2S. The average Bonchev–Trinajstić information content (AvgIpc) is 3.06. The fourth-order valence-corrected chi connectivity index (χ4v) is 4.57. The van der Waals surface area contributed by atoms with Gasteiger partial charge in [-0.3, -0.25) is 0 Å². The third-order valence-corrected chi connectivity index (χ3v) is 6.51. The van der Waals surface area contributed by atoms with E-state index in [4.69, 9.17) is 0 Å². The molecule has 0 radical (unpaired) electrons. The van der Waals surface area contributed by atoms with Gasteiger partial charge in [0, 0.05) is 36.4 Å². The molecule has 0 bridgehead atoms. The molecule has 0 amide bonds. The summed E-state index contributed by atoms with van der Waals surface area (Å²) in [5.74, 6) is 0. The molecule has 0 aliphatic carbocycles. The number of aromatic amines is 1. The van der Waals surface area contributed by atoms with Crippen LogP contribution in [-0.4, -0.2) is 35.8 Å². The van der Waals surface area contributed by atoms with Gasteiger partial charge in [-0.15, -0.1) is 0 Å². The second-order valence-corrected chi connectivity index (χ2v) is 8.20. The molecular weight excluding hydrogens is 334 g/mol. The molecule has 6 heteroatoms. The molecule has 0 saturated heterocycles. The predicted molar refractivity (Wildman–Crippen MR) is 98.6 cm³/mol. The summed E-state index contributed by atoms with van der Waals surface area (Å²) in [5, 5.41) is 1.07. The Balaban J connectivity index is 1.60.